The van der Waals surface area contributed by atoms with Gasteiger partial charge < -0.3 is 9.84 Å². The summed E-state index contributed by atoms with van der Waals surface area (Å²) >= 11 is 0. The minimum Gasteiger partial charge on any atom is -0.474 e. The number of hydrogen-bond acceptors (Lipinski definition) is 4. The number of carbonyl (C=O) groups excluding carboxylic acids is 2. The maximum absolute atomic E-state index is 12.8. The van der Waals surface area contributed by atoms with Crippen LogP contribution in [0.3, 0.4) is 0 Å². The van der Waals surface area contributed by atoms with Crippen LogP contribution in [0, 0.1) is 5.92 Å². The van der Waals surface area contributed by atoms with E-state index in [2.05, 4.69) is 0 Å². The summed E-state index contributed by atoms with van der Waals surface area (Å²) in [6.07, 6.45) is 3.85. The van der Waals surface area contributed by atoms with E-state index in [0.717, 1.165) is 28.9 Å². The number of ether oxygens (including phenoxy) is 1. The zero-order valence-electron chi connectivity index (χ0n) is 15.4. The third-order valence-electron chi connectivity index (χ3n) is 6.06. The molecule has 144 valence electrons. The molecule has 1 aromatic rings. The number of carboxylic acid groups (broad SMARTS) is 1. The van der Waals surface area contributed by atoms with E-state index in [4.69, 9.17) is 4.74 Å². The second-order valence-corrected chi connectivity index (χ2v) is 7.81. The van der Waals surface area contributed by atoms with E-state index in [-0.39, 0.29) is 17.9 Å². The first-order valence-electron chi connectivity index (χ1n) is 9.48. The molecule has 1 saturated heterocycles. The second-order valence-electron chi connectivity index (χ2n) is 7.81. The molecule has 2 fully saturated rings. The zero-order valence-corrected chi connectivity index (χ0v) is 15.4. The monoisotopic (exact) mass is 380 g/mol. The van der Waals surface area contributed by atoms with E-state index in [1.807, 2.05) is 24.3 Å². The Morgan fingerprint density at radius 1 is 1.21 bits per heavy atom. The van der Waals surface area contributed by atoms with Crippen LogP contribution in [0.1, 0.15) is 36.9 Å². The molecule has 28 heavy (non-hydrogen) atoms. The standard InChI is InChI=1S/C21H20N2O5/c1-11-8-17(22(19(11)24)13-6-7-13)28-10-16-15-9-12-4-2-3-5-14(12)18(15)23(20(16)25)21(26)27/h2-5,8,10,13,15,17-18H,6-7,9H2,1H3,(H,26,27)/b16-10+. The Morgan fingerprint density at radius 3 is 2.68 bits per heavy atom. The van der Waals surface area contributed by atoms with Gasteiger partial charge in [0.1, 0.15) is 0 Å². The lowest BCUT2D eigenvalue weighted by Gasteiger charge is -2.24. The van der Waals surface area contributed by atoms with Crippen LogP contribution >= 0.6 is 0 Å². The van der Waals surface area contributed by atoms with Gasteiger partial charge in [-0.3, -0.25) is 14.5 Å². The summed E-state index contributed by atoms with van der Waals surface area (Å²) in [5, 5.41) is 9.62. The van der Waals surface area contributed by atoms with Gasteiger partial charge in [-0.05, 0) is 43.4 Å². The van der Waals surface area contributed by atoms with E-state index in [9.17, 15) is 19.5 Å². The van der Waals surface area contributed by atoms with Crippen LogP contribution in [-0.2, 0) is 20.7 Å². The van der Waals surface area contributed by atoms with Gasteiger partial charge in [0.25, 0.3) is 11.8 Å². The molecule has 5 rings (SSSR count). The van der Waals surface area contributed by atoms with E-state index < -0.39 is 24.3 Å². The number of nitrogens with zero attached hydrogens (tertiary/aromatic N) is 2. The number of likely N-dealkylation sites (tertiary alicyclic amines) is 1. The third kappa shape index (κ3) is 2.38. The van der Waals surface area contributed by atoms with E-state index >= 15 is 0 Å². The Hall–Kier alpha value is -3.09. The van der Waals surface area contributed by atoms with Crippen molar-refractivity contribution in [2.45, 2.75) is 44.5 Å². The number of imide groups is 1. The average molecular weight is 380 g/mol. The van der Waals surface area contributed by atoms with Crippen LogP contribution in [-0.4, -0.2) is 45.1 Å². The molecule has 3 atom stereocenters. The van der Waals surface area contributed by atoms with Crippen molar-refractivity contribution in [2.24, 2.45) is 5.92 Å². The minimum atomic E-state index is -1.26. The minimum absolute atomic E-state index is 0.0399. The molecule has 1 saturated carbocycles. The van der Waals surface area contributed by atoms with E-state index in [0.29, 0.717) is 17.6 Å². The average Bonchev–Trinajstić information content (AvgIpc) is 3.29. The van der Waals surface area contributed by atoms with Crippen molar-refractivity contribution >= 4 is 17.9 Å². The topological polar surface area (TPSA) is 87.2 Å². The molecular weight excluding hydrogens is 360 g/mol. The highest BCUT2D eigenvalue weighted by molar-refractivity contribution is 6.05. The number of carbonyl (C=O) groups is 3. The smallest absolute Gasteiger partial charge is 0.414 e. The number of hydrogen-bond donors (Lipinski definition) is 1. The summed E-state index contributed by atoms with van der Waals surface area (Å²) in [5.41, 5.74) is 2.91. The molecule has 1 aromatic carbocycles. The van der Waals surface area contributed by atoms with E-state index in [1.165, 1.54) is 6.26 Å². The van der Waals surface area contributed by atoms with Gasteiger partial charge in [0.2, 0.25) is 0 Å². The van der Waals surface area contributed by atoms with Gasteiger partial charge in [-0.25, -0.2) is 9.69 Å². The molecule has 0 aromatic heterocycles. The summed E-state index contributed by atoms with van der Waals surface area (Å²) in [4.78, 5) is 39.6. The van der Waals surface area contributed by atoms with Crippen molar-refractivity contribution in [2.75, 3.05) is 0 Å². The van der Waals surface area contributed by atoms with E-state index in [1.54, 1.807) is 17.9 Å². The number of rotatable bonds is 3. The van der Waals surface area contributed by atoms with Crippen molar-refractivity contribution in [3.63, 3.8) is 0 Å². The molecule has 7 heteroatoms. The van der Waals surface area contributed by atoms with Crippen LogP contribution in [0.5, 0.6) is 0 Å². The lowest BCUT2D eigenvalue weighted by Crippen LogP contribution is -2.37. The van der Waals surface area contributed by atoms with Crippen molar-refractivity contribution in [1.29, 1.82) is 0 Å². The van der Waals surface area contributed by atoms with Gasteiger partial charge in [-0.15, -0.1) is 0 Å². The fourth-order valence-corrected chi connectivity index (χ4v) is 4.60. The van der Waals surface area contributed by atoms with Crippen LogP contribution in [0.15, 0.2) is 47.7 Å². The number of fused-ring (bicyclic) bond motifs is 3. The molecule has 0 radical (unpaired) electrons. The molecule has 0 spiro atoms. The molecule has 0 bridgehead atoms. The highest BCUT2D eigenvalue weighted by atomic mass is 16.5. The van der Waals surface area contributed by atoms with Crippen LogP contribution in [0.25, 0.3) is 0 Å². The van der Waals surface area contributed by atoms with Crippen molar-refractivity contribution in [3.05, 3.63) is 58.9 Å². The van der Waals surface area contributed by atoms with Crippen LogP contribution < -0.4 is 0 Å². The molecule has 2 aliphatic carbocycles. The Kier molecular flexibility index (Phi) is 3.62. The summed E-state index contributed by atoms with van der Waals surface area (Å²) in [5.74, 6) is -0.848. The van der Waals surface area contributed by atoms with Crippen LogP contribution in [0.2, 0.25) is 0 Å². The Labute approximate surface area is 161 Å². The van der Waals surface area contributed by atoms with Gasteiger partial charge in [0.15, 0.2) is 6.23 Å². The predicted octanol–water partition coefficient (Wildman–Crippen LogP) is 2.60. The Bertz CT molecular complexity index is 961. The highest BCUT2D eigenvalue weighted by Gasteiger charge is 2.52. The molecule has 3 amide bonds. The van der Waals surface area contributed by atoms with Gasteiger partial charge in [0, 0.05) is 17.5 Å². The van der Waals surface area contributed by atoms with Crippen molar-refractivity contribution in [3.8, 4) is 0 Å². The molecule has 1 N–H and O–H groups in total. The lowest BCUT2D eigenvalue weighted by molar-refractivity contribution is -0.132. The SMILES string of the molecule is CC1=CC(O/C=C2/C(=O)N(C(=O)O)C3c4ccccc4CC23)N(C2CC2)C1=O. The predicted molar refractivity (Wildman–Crippen MR) is 97.8 cm³/mol. The normalized spacial score (nSPS) is 30.0. The number of amides is 3. The first kappa shape index (κ1) is 17.0. The maximum atomic E-state index is 12.8. The molecule has 2 heterocycles. The van der Waals surface area contributed by atoms with Gasteiger partial charge in [-0.1, -0.05) is 24.3 Å². The van der Waals surface area contributed by atoms with Gasteiger partial charge >= 0.3 is 6.09 Å². The number of benzene rings is 1. The fourth-order valence-electron chi connectivity index (χ4n) is 4.60. The summed E-state index contributed by atoms with van der Waals surface area (Å²) in [7, 11) is 0. The van der Waals surface area contributed by atoms with Crippen molar-refractivity contribution in [1.82, 2.24) is 9.80 Å². The molecule has 2 aliphatic heterocycles. The zero-order chi connectivity index (χ0) is 19.6. The first-order valence-corrected chi connectivity index (χ1v) is 9.48. The second kappa shape index (κ2) is 5.95. The highest BCUT2D eigenvalue weighted by Crippen LogP contribution is 2.49. The maximum Gasteiger partial charge on any atom is 0.414 e. The molecule has 4 aliphatic rings. The lowest BCUT2D eigenvalue weighted by atomic mass is 9.97. The first-order chi connectivity index (χ1) is 13.5. The molecule has 3 unspecified atom stereocenters. The Balaban J connectivity index is 1.46. The Morgan fingerprint density at radius 2 is 1.96 bits per heavy atom. The fraction of sp³-hybridized carbons (Fsp3) is 0.381. The van der Waals surface area contributed by atoms with Gasteiger partial charge in [-0.2, -0.15) is 0 Å². The van der Waals surface area contributed by atoms with Crippen molar-refractivity contribution < 1.29 is 24.2 Å². The largest absolute Gasteiger partial charge is 0.474 e. The molecular formula is C21H20N2O5. The summed E-state index contributed by atoms with van der Waals surface area (Å²) in [6.45, 7) is 1.75. The quantitative estimate of drug-likeness (QED) is 0.643. The summed E-state index contributed by atoms with van der Waals surface area (Å²) < 4.78 is 5.87. The summed E-state index contributed by atoms with van der Waals surface area (Å²) in [6, 6.07) is 7.28. The van der Waals surface area contributed by atoms with Crippen LogP contribution in [0.4, 0.5) is 4.79 Å². The van der Waals surface area contributed by atoms with Gasteiger partial charge in [0.05, 0.1) is 17.9 Å². The third-order valence-corrected chi connectivity index (χ3v) is 6.06. The molecule has 7 nitrogen and oxygen atoms in total.